The highest BCUT2D eigenvalue weighted by atomic mass is 16.5. The molecule has 1 aromatic carbocycles. The first-order valence-electron chi connectivity index (χ1n) is 7.68. The van der Waals surface area contributed by atoms with Crippen LogP contribution in [0, 0.1) is 0 Å². The minimum atomic E-state index is 0.174. The van der Waals surface area contributed by atoms with Gasteiger partial charge in [0.05, 0.1) is 19.4 Å². The Bertz CT molecular complexity index is 560. The molecule has 0 amide bonds. The van der Waals surface area contributed by atoms with Gasteiger partial charge < -0.3 is 19.8 Å². The van der Waals surface area contributed by atoms with Crippen LogP contribution < -0.4 is 15.4 Å². The highest BCUT2D eigenvalue weighted by Crippen LogP contribution is 2.25. The standard InChI is InChI=1S/C17H23N3O2/c1-21-15-6-4-14(5-7-15)19-8-10-20(11-9-19)16(13-18)17-3-2-12-22-17/h2-7,12,16H,8-11,13,18H2,1H3/t16-/m0/s1. The molecule has 1 fully saturated rings. The molecule has 0 bridgehead atoms. The second kappa shape index (κ2) is 6.85. The molecule has 0 spiro atoms. The number of rotatable bonds is 5. The lowest BCUT2D eigenvalue weighted by Crippen LogP contribution is -2.49. The number of furan rings is 1. The molecule has 1 aliphatic rings. The second-order valence-corrected chi connectivity index (χ2v) is 5.49. The minimum absolute atomic E-state index is 0.174. The van der Waals surface area contributed by atoms with Crippen molar-refractivity contribution in [3.05, 3.63) is 48.4 Å². The zero-order chi connectivity index (χ0) is 15.4. The smallest absolute Gasteiger partial charge is 0.122 e. The molecule has 1 atom stereocenters. The first-order valence-corrected chi connectivity index (χ1v) is 7.68. The van der Waals surface area contributed by atoms with Gasteiger partial charge in [-0.15, -0.1) is 0 Å². The van der Waals surface area contributed by atoms with Crippen molar-refractivity contribution in [2.45, 2.75) is 6.04 Å². The highest BCUT2D eigenvalue weighted by Gasteiger charge is 2.25. The lowest BCUT2D eigenvalue weighted by Gasteiger charge is -2.39. The molecule has 2 N–H and O–H groups in total. The van der Waals surface area contributed by atoms with Crippen molar-refractivity contribution >= 4 is 5.69 Å². The molecule has 118 valence electrons. The third-order valence-electron chi connectivity index (χ3n) is 4.29. The lowest BCUT2D eigenvalue weighted by atomic mass is 10.1. The lowest BCUT2D eigenvalue weighted by molar-refractivity contribution is 0.169. The number of piperazine rings is 1. The molecule has 5 nitrogen and oxygen atoms in total. The van der Waals surface area contributed by atoms with E-state index in [-0.39, 0.29) is 6.04 Å². The van der Waals surface area contributed by atoms with Crippen LogP contribution in [0.25, 0.3) is 0 Å². The summed E-state index contributed by atoms with van der Waals surface area (Å²) in [6.45, 7) is 4.52. The number of nitrogens with two attached hydrogens (primary N) is 1. The van der Waals surface area contributed by atoms with E-state index in [9.17, 15) is 0 Å². The molecule has 22 heavy (non-hydrogen) atoms. The molecule has 0 radical (unpaired) electrons. The first kappa shape index (κ1) is 14.9. The van der Waals surface area contributed by atoms with Gasteiger partial charge in [0.25, 0.3) is 0 Å². The third kappa shape index (κ3) is 3.10. The van der Waals surface area contributed by atoms with Crippen LogP contribution in [0.4, 0.5) is 5.69 Å². The van der Waals surface area contributed by atoms with E-state index in [0.29, 0.717) is 6.54 Å². The maximum atomic E-state index is 5.94. The van der Waals surface area contributed by atoms with Crippen molar-refractivity contribution in [1.29, 1.82) is 0 Å². The Morgan fingerprint density at radius 3 is 2.41 bits per heavy atom. The predicted molar refractivity (Wildman–Crippen MR) is 87.3 cm³/mol. The summed E-state index contributed by atoms with van der Waals surface area (Å²) < 4.78 is 10.7. The van der Waals surface area contributed by atoms with E-state index in [1.165, 1.54) is 5.69 Å². The molecule has 2 aromatic rings. The quantitative estimate of drug-likeness (QED) is 0.916. The Morgan fingerprint density at radius 2 is 1.86 bits per heavy atom. The SMILES string of the molecule is COc1ccc(N2CCN([C@@H](CN)c3ccco3)CC2)cc1. The maximum Gasteiger partial charge on any atom is 0.122 e. The highest BCUT2D eigenvalue weighted by molar-refractivity contribution is 5.49. The average molecular weight is 301 g/mol. The van der Waals surface area contributed by atoms with Crippen molar-refractivity contribution < 1.29 is 9.15 Å². The zero-order valence-corrected chi connectivity index (χ0v) is 12.9. The number of hydrogen-bond donors (Lipinski definition) is 1. The average Bonchev–Trinajstić information content (AvgIpc) is 3.11. The van der Waals surface area contributed by atoms with Gasteiger partial charge in [-0.3, -0.25) is 4.90 Å². The van der Waals surface area contributed by atoms with Crippen LogP contribution in [-0.4, -0.2) is 44.7 Å². The van der Waals surface area contributed by atoms with Gasteiger partial charge in [-0.25, -0.2) is 0 Å². The fourth-order valence-electron chi connectivity index (χ4n) is 3.01. The van der Waals surface area contributed by atoms with E-state index in [0.717, 1.165) is 37.7 Å². The van der Waals surface area contributed by atoms with E-state index in [1.807, 2.05) is 24.3 Å². The number of anilines is 1. The van der Waals surface area contributed by atoms with Crippen molar-refractivity contribution in [2.75, 3.05) is 44.7 Å². The molecule has 1 aliphatic heterocycles. The Balaban J connectivity index is 1.61. The zero-order valence-electron chi connectivity index (χ0n) is 12.9. The van der Waals surface area contributed by atoms with E-state index < -0.39 is 0 Å². The van der Waals surface area contributed by atoms with Gasteiger partial charge in [0.15, 0.2) is 0 Å². The summed E-state index contributed by atoms with van der Waals surface area (Å²) in [5.41, 5.74) is 7.18. The summed E-state index contributed by atoms with van der Waals surface area (Å²) in [6.07, 6.45) is 1.71. The minimum Gasteiger partial charge on any atom is -0.497 e. The van der Waals surface area contributed by atoms with Crippen molar-refractivity contribution in [2.24, 2.45) is 5.73 Å². The summed E-state index contributed by atoms with van der Waals surface area (Å²) >= 11 is 0. The Labute approximate surface area is 131 Å². The summed E-state index contributed by atoms with van der Waals surface area (Å²) in [5, 5.41) is 0. The molecule has 3 rings (SSSR count). The summed E-state index contributed by atoms with van der Waals surface area (Å²) in [6, 6.07) is 12.3. The fourth-order valence-corrected chi connectivity index (χ4v) is 3.01. The van der Waals surface area contributed by atoms with Gasteiger partial charge in [-0.1, -0.05) is 0 Å². The normalized spacial score (nSPS) is 17.5. The van der Waals surface area contributed by atoms with Crippen molar-refractivity contribution in [3.63, 3.8) is 0 Å². The molecule has 0 aliphatic carbocycles. The predicted octanol–water partition coefficient (Wildman–Crippen LogP) is 2.11. The number of hydrogen-bond acceptors (Lipinski definition) is 5. The van der Waals surface area contributed by atoms with Gasteiger partial charge >= 0.3 is 0 Å². The van der Waals surface area contributed by atoms with Crippen molar-refractivity contribution in [3.8, 4) is 5.75 Å². The Hall–Kier alpha value is -1.98. The number of methoxy groups -OCH3 is 1. The molecule has 0 saturated carbocycles. The molecular formula is C17H23N3O2. The molecule has 5 heteroatoms. The van der Waals surface area contributed by atoms with Gasteiger partial charge in [0.2, 0.25) is 0 Å². The summed E-state index contributed by atoms with van der Waals surface area (Å²) in [4.78, 5) is 4.80. The fraction of sp³-hybridized carbons (Fsp3) is 0.412. The van der Waals surface area contributed by atoms with E-state index in [1.54, 1.807) is 13.4 Å². The van der Waals surface area contributed by atoms with Crippen LogP contribution in [0.5, 0.6) is 5.75 Å². The number of ether oxygens (including phenoxy) is 1. The van der Waals surface area contributed by atoms with Crippen LogP contribution in [0.3, 0.4) is 0 Å². The van der Waals surface area contributed by atoms with Gasteiger partial charge in [-0.05, 0) is 36.4 Å². The number of benzene rings is 1. The van der Waals surface area contributed by atoms with Crippen LogP contribution in [0.15, 0.2) is 47.1 Å². The summed E-state index contributed by atoms with van der Waals surface area (Å²) in [5.74, 6) is 1.85. The van der Waals surface area contributed by atoms with E-state index in [4.69, 9.17) is 14.9 Å². The largest absolute Gasteiger partial charge is 0.497 e. The van der Waals surface area contributed by atoms with E-state index in [2.05, 4.69) is 21.9 Å². The molecule has 1 saturated heterocycles. The monoisotopic (exact) mass is 301 g/mol. The maximum absolute atomic E-state index is 5.94. The Morgan fingerprint density at radius 1 is 1.14 bits per heavy atom. The van der Waals surface area contributed by atoms with Gasteiger partial charge in [0, 0.05) is 38.4 Å². The van der Waals surface area contributed by atoms with Crippen LogP contribution in [0.1, 0.15) is 11.8 Å². The van der Waals surface area contributed by atoms with Crippen molar-refractivity contribution in [1.82, 2.24) is 4.90 Å². The first-order chi connectivity index (χ1) is 10.8. The third-order valence-corrected chi connectivity index (χ3v) is 4.29. The number of nitrogens with zero attached hydrogens (tertiary/aromatic N) is 2. The molecular weight excluding hydrogens is 278 g/mol. The Kier molecular flexibility index (Phi) is 4.65. The second-order valence-electron chi connectivity index (χ2n) is 5.49. The van der Waals surface area contributed by atoms with Gasteiger partial charge in [-0.2, -0.15) is 0 Å². The van der Waals surface area contributed by atoms with Crippen LogP contribution in [0.2, 0.25) is 0 Å². The molecule has 0 unspecified atom stereocenters. The molecule has 1 aromatic heterocycles. The van der Waals surface area contributed by atoms with Gasteiger partial charge in [0.1, 0.15) is 11.5 Å². The summed E-state index contributed by atoms with van der Waals surface area (Å²) in [7, 11) is 1.69. The topological polar surface area (TPSA) is 54.9 Å². The van der Waals surface area contributed by atoms with Crippen LogP contribution in [-0.2, 0) is 0 Å². The molecule has 2 heterocycles. The van der Waals surface area contributed by atoms with Crippen LogP contribution >= 0.6 is 0 Å². The van der Waals surface area contributed by atoms with E-state index >= 15 is 0 Å².